The summed E-state index contributed by atoms with van der Waals surface area (Å²) in [6.07, 6.45) is 0.244. The first-order valence-electron chi connectivity index (χ1n) is 4.75. The lowest BCUT2D eigenvalue weighted by atomic mass is 10.1. The van der Waals surface area contributed by atoms with Crippen LogP contribution in [-0.2, 0) is 4.74 Å². The van der Waals surface area contributed by atoms with E-state index in [2.05, 4.69) is 36.5 Å². The van der Waals surface area contributed by atoms with Gasteiger partial charge >= 0.3 is 0 Å². The molecule has 1 aliphatic heterocycles. The van der Waals surface area contributed by atoms with Crippen LogP contribution in [0, 0.1) is 6.92 Å². The fourth-order valence-corrected chi connectivity index (χ4v) is 1.65. The molecule has 1 aromatic rings. The van der Waals surface area contributed by atoms with Crippen LogP contribution in [0.1, 0.15) is 17.2 Å². The monoisotopic (exact) mass is 213 g/mol. The van der Waals surface area contributed by atoms with Gasteiger partial charge in [0.2, 0.25) is 0 Å². The topological polar surface area (TPSA) is 21.3 Å². The minimum Gasteiger partial charge on any atom is -0.371 e. The quantitative estimate of drug-likeness (QED) is 0.772. The minimum atomic E-state index is 0. The Morgan fingerprint density at radius 1 is 1.43 bits per heavy atom. The Kier molecular flexibility index (Phi) is 4.39. The number of benzene rings is 1. The maximum absolute atomic E-state index is 5.66. The van der Waals surface area contributed by atoms with E-state index < -0.39 is 0 Å². The molecule has 0 spiro atoms. The zero-order valence-corrected chi connectivity index (χ0v) is 9.14. The molecule has 1 aliphatic rings. The highest BCUT2D eigenvalue weighted by Crippen LogP contribution is 2.19. The van der Waals surface area contributed by atoms with Gasteiger partial charge in [-0.3, -0.25) is 0 Å². The van der Waals surface area contributed by atoms with Crippen molar-refractivity contribution in [1.82, 2.24) is 5.32 Å². The number of hydrogen-bond donors (Lipinski definition) is 1. The molecule has 78 valence electrons. The second-order valence-electron chi connectivity index (χ2n) is 3.48. The van der Waals surface area contributed by atoms with Crippen molar-refractivity contribution < 1.29 is 4.74 Å². The molecule has 1 heterocycles. The molecular weight excluding hydrogens is 198 g/mol. The van der Waals surface area contributed by atoms with Crippen LogP contribution >= 0.6 is 12.4 Å². The first-order chi connectivity index (χ1) is 6.36. The second kappa shape index (κ2) is 5.35. The molecule has 2 rings (SSSR count). The molecule has 0 amide bonds. The van der Waals surface area contributed by atoms with E-state index in [0.717, 1.165) is 19.7 Å². The van der Waals surface area contributed by atoms with E-state index in [0.29, 0.717) is 0 Å². The highest BCUT2D eigenvalue weighted by atomic mass is 35.5. The lowest BCUT2D eigenvalue weighted by molar-refractivity contribution is 0.0277. The van der Waals surface area contributed by atoms with E-state index in [4.69, 9.17) is 4.74 Å². The van der Waals surface area contributed by atoms with Crippen LogP contribution in [0.15, 0.2) is 24.3 Å². The smallest absolute Gasteiger partial charge is 0.0949 e. The molecule has 0 aliphatic carbocycles. The van der Waals surface area contributed by atoms with Crippen LogP contribution < -0.4 is 5.32 Å². The molecule has 1 fully saturated rings. The third-order valence-electron chi connectivity index (χ3n) is 2.34. The van der Waals surface area contributed by atoms with Crippen molar-refractivity contribution in [2.24, 2.45) is 0 Å². The summed E-state index contributed by atoms with van der Waals surface area (Å²) in [5, 5.41) is 3.33. The van der Waals surface area contributed by atoms with Crippen molar-refractivity contribution in [3.8, 4) is 0 Å². The third-order valence-corrected chi connectivity index (χ3v) is 2.34. The van der Waals surface area contributed by atoms with Gasteiger partial charge in [0.15, 0.2) is 0 Å². The molecule has 0 saturated carbocycles. The van der Waals surface area contributed by atoms with Gasteiger partial charge in [-0.2, -0.15) is 0 Å². The molecule has 2 nitrogen and oxygen atoms in total. The van der Waals surface area contributed by atoms with Crippen molar-refractivity contribution in [1.29, 1.82) is 0 Å². The Morgan fingerprint density at radius 3 is 2.93 bits per heavy atom. The van der Waals surface area contributed by atoms with E-state index in [9.17, 15) is 0 Å². The first kappa shape index (κ1) is 11.5. The van der Waals surface area contributed by atoms with E-state index in [-0.39, 0.29) is 18.5 Å². The normalized spacial score (nSPS) is 21.4. The number of morpholine rings is 1. The number of aryl methyl sites for hydroxylation is 1. The molecule has 3 heteroatoms. The zero-order chi connectivity index (χ0) is 9.10. The van der Waals surface area contributed by atoms with E-state index in [1.54, 1.807) is 0 Å². The van der Waals surface area contributed by atoms with Crippen LogP contribution in [-0.4, -0.2) is 19.7 Å². The summed E-state index contributed by atoms with van der Waals surface area (Å²) in [5.74, 6) is 0. The Bertz CT molecular complexity index is 284. The van der Waals surface area contributed by atoms with Crippen molar-refractivity contribution in [2.45, 2.75) is 13.0 Å². The largest absolute Gasteiger partial charge is 0.371 e. The molecule has 0 aromatic heterocycles. The van der Waals surface area contributed by atoms with Crippen LogP contribution in [0.3, 0.4) is 0 Å². The van der Waals surface area contributed by atoms with Gasteiger partial charge in [-0.25, -0.2) is 0 Å². The molecule has 1 unspecified atom stereocenters. The maximum atomic E-state index is 5.66. The molecule has 0 radical (unpaired) electrons. The fourth-order valence-electron chi connectivity index (χ4n) is 1.65. The molecule has 0 bridgehead atoms. The van der Waals surface area contributed by atoms with Crippen molar-refractivity contribution >= 4 is 12.4 Å². The van der Waals surface area contributed by atoms with Gasteiger partial charge in [0.05, 0.1) is 12.7 Å². The van der Waals surface area contributed by atoms with Crippen LogP contribution in [0.2, 0.25) is 0 Å². The molecule has 1 N–H and O–H groups in total. The van der Waals surface area contributed by atoms with Crippen LogP contribution in [0.5, 0.6) is 0 Å². The maximum Gasteiger partial charge on any atom is 0.0949 e. The Labute approximate surface area is 91.1 Å². The predicted molar refractivity (Wildman–Crippen MR) is 60.0 cm³/mol. The lowest BCUT2D eigenvalue weighted by Crippen LogP contribution is -2.33. The summed E-state index contributed by atoms with van der Waals surface area (Å²) in [4.78, 5) is 0. The lowest BCUT2D eigenvalue weighted by Gasteiger charge is -2.24. The molecule has 1 saturated heterocycles. The highest BCUT2D eigenvalue weighted by molar-refractivity contribution is 5.85. The molecular formula is C11H16ClNO. The molecule has 1 atom stereocenters. The summed E-state index contributed by atoms with van der Waals surface area (Å²) in [6.45, 7) is 4.84. The van der Waals surface area contributed by atoms with Gasteiger partial charge in [0.25, 0.3) is 0 Å². The van der Waals surface area contributed by atoms with Gasteiger partial charge in [-0.15, -0.1) is 12.4 Å². The van der Waals surface area contributed by atoms with Crippen LogP contribution in [0.25, 0.3) is 0 Å². The fraction of sp³-hybridized carbons (Fsp3) is 0.455. The number of halogens is 1. The van der Waals surface area contributed by atoms with E-state index in [1.807, 2.05) is 0 Å². The van der Waals surface area contributed by atoms with Gasteiger partial charge in [0.1, 0.15) is 0 Å². The minimum absolute atomic E-state index is 0. The van der Waals surface area contributed by atoms with Crippen LogP contribution in [0.4, 0.5) is 0 Å². The summed E-state index contributed by atoms with van der Waals surface area (Å²) >= 11 is 0. The van der Waals surface area contributed by atoms with Gasteiger partial charge in [-0.05, 0) is 12.5 Å². The predicted octanol–water partition coefficient (Wildman–Crippen LogP) is 2.08. The van der Waals surface area contributed by atoms with E-state index >= 15 is 0 Å². The number of hydrogen-bond acceptors (Lipinski definition) is 2. The van der Waals surface area contributed by atoms with Crippen molar-refractivity contribution in [3.63, 3.8) is 0 Å². The van der Waals surface area contributed by atoms with Gasteiger partial charge in [-0.1, -0.05) is 29.8 Å². The summed E-state index contributed by atoms with van der Waals surface area (Å²) in [6, 6.07) is 8.52. The standard InChI is InChI=1S/C11H15NO.ClH/c1-9-3-2-4-10(7-9)11-8-12-5-6-13-11;/h2-4,7,11-12H,5-6,8H2,1H3;1H. The number of nitrogens with one attached hydrogen (secondary N) is 1. The van der Waals surface area contributed by atoms with Crippen molar-refractivity contribution in [2.75, 3.05) is 19.7 Å². The molecule has 1 aromatic carbocycles. The Morgan fingerprint density at radius 2 is 2.29 bits per heavy atom. The molecule has 14 heavy (non-hydrogen) atoms. The average molecular weight is 214 g/mol. The zero-order valence-electron chi connectivity index (χ0n) is 8.32. The van der Waals surface area contributed by atoms with Gasteiger partial charge < -0.3 is 10.1 Å². The number of rotatable bonds is 1. The SMILES string of the molecule is Cc1cccc(C2CNCCO2)c1.Cl. The highest BCUT2D eigenvalue weighted by Gasteiger charge is 2.14. The van der Waals surface area contributed by atoms with Gasteiger partial charge in [0, 0.05) is 13.1 Å². The summed E-state index contributed by atoms with van der Waals surface area (Å²) < 4.78 is 5.66. The summed E-state index contributed by atoms with van der Waals surface area (Å²) in [5.41, 5.74) is 2.58. The Balaban J connectivity index is 0.000000980. The number of ether oxygens (including phenoxy) is 1. The second-order valence-corrected chi connectivity index (χ2v) is 3.48. The van der Waals surface area contributed by atoms with Crippen molar-refractivity contribution in [3.05, 3.63) is 35.4 Å². The third kappa shape index (κ3) is 2.71. The summed E-state index contributed by atoms with van der Waals surface area (Å²) in [7, 11) is 0. The average Bonchev–Trinajstić information content (AvgIpc) is 2.19. The first-order valence-corrected chi connectivity index (χ1v) is 4.75. The Hall–Kier alpha value is -0.570. The van der Waals surface area contributed by atoms with E-state index in [1.165, 1.54) is 11.1 Å².